The van der Waals surface area contributed by atoms with Crippen LogP contribution >= 0.6 is 0 Å². The first kappa shape index (κ1) is 25.0. The molecule has 0 spiro atoms. The summed E-state index contributed by atoms with van der Waals surface area (Å²) < 4.78 is 5.30. The van der Waals surface area contributed by atoms with E-state index in [1.807, 2.05) is 0 Å². The van der Waals surface area contributed by atoms with Crippen LogP contribution in [0.25, 0.3) is 11.4 Å². The second-order valence-electron chi connectivity index (χ2n) is 8.45. The van der Waals surface area contributed by atoms with Crippen LogP contribution in [0.1, 0.15) is 103 Å². The van der Waals surface area contributed by atoms with E-state index in [0.717, 1.165) is 31.2 Å². The lowest BCUT2D eigenvalue weighted by Gasteiger charge is -2.06. The monoisotopic (exact) mass is 424 g/mol. The maximum Gasteiger partial charge on any atom is 0.311 e. The van der Waals surface area contributed by atoms with Crippen LogP contribution in [0.2, 0.25) is 0 Å². The van der Waals surface area contributed by atoms with Crippen molar-refractivity contribution in [1.82, 2.24) is 9.97 Å². The van der Waals surface area contributed by atoms with E-state index in [2.05, 4.69) is 48.1 Å². The van der Waals surface area contributed by atoms with Gasteiger partial charge in [0.05, 0.1) is 12.4 Å². The van der Waals surface area contributed by atoms with Gasteiger partial charge >= 0.3 is 5.97 Å². The van der Waals surface area contributed by atoms with Crippen molar-refractivity contribution in [3.63, 3.8) is 0 Å². The average Bonchev–Trinajstić information content (AvgIpc) is 2.79. The molecule has 1 heterocycles. The SMILES string of the molecule is CCCCCCCCCCCc1ccc(-c2ncc(OC(=O)CCCCC)cn2)cc1. The van der Waals surface area contributed by atoms with Gasteiger partial charge in [-0.3, -0.25) is 4.79 Å². The molecule has 31 heavy (non-hydrogen) atoms. The van der Waals surface area contributed by atoms with Gasteiger partial charge in [-0.2, -0.15) is 0 Å². The highest BCUT2D eigenvalue weighted by Crippen LogP contribution is 2.19. The number of nitrogens with zero attached hydrogens (tertiary/aromatic N) is 2. The molecule has 1 aromatic carbocycles. The van der Waals surface area contributed by atoms with Gasteiger partial charge in [-0.05, 0) is 24.8 Å². The molecule has 0 aliphatic carbocycles. The normalized spacial score (nSPS) is 10.9. The number of carbonyl (C=O) groups is 1. The van der Waals surface area contributed by atoms with Crippen LogP contribution in [0.3, 0.4) is 0 Å². The number of carbonyl (C=O) groups excluding carboxylic acids is 1. The van der Waals surface area contributed by atoms with Gasteiger partial charge < -0.3 is 4.74 Å². The van der Waals surface area contributed by atoms with Crippen LogP contribution in [0.5, 0.6) is 5.75 Å². The van der Waals surface area contributed by atoms with Crippen molar-refractivity contribution >= 4 is 5.97 Å². The third-order valence-corrected chi connectivity index (χ3v) is 5.63. The second kappa shape index (κ2) is 15.6. The first-order valence-corrected chi connectivity index (χ1v) is 12.3. The molecule has 0 saturated heterocycles. The van der Waals surface area contributed by atoms with E-state index in [4.69, 9.17) is 4.74 Å². The fraction of sp³-hybridized carbons (Fsp3) is 0.593. The molecular weight excluding hydrogens is 384 g/mol. The minimum absolute atomic E-state index is 0.217. The van der Waals surface area contributed by atoms with Crippen LogP contribution in [-0.2, 0) is 11.2 Å². The quantitative estimate of drug-likeness (QED) is 0.205. The second-order valence-corrected chi connectivity index (χ2v) is 8.45. The lowest BCUT2D eigenvalue weighted by molar-refractivity contribution is -0.134. The average molecular weight is 425 g/mol. The number of aryl methyl sites for hydroxylation is 1. The molecule has 0 atom stereocenters. The molecule has 0 amide bonds. The van der Waals surface area contributed by atoms with Crippen LogP contribution in [0, 0.1) is 0 Å². The van der Waals surface area contributed by atoms with E-state index >= 15 is 0 Å². The van der Waals surface area contributed by atoms with Crippen LogP contribution < -0.4 is 4.74 Å². The van der Waals surface area contributed by atoms with Crippen LogP contribution in [0.4, 0.5) is 0 Å². The maximum absolute atomic E-state index is 11.8. The highest BCUT2D eigenvalue weighted by molar-refractivity contribution is 5.72. The van der Waals surface area contributed by atoms with Crippen molar-refractivity contribution in [3.8, 4) is 17.1 Å². The molecule has 0 unspecified atom stereocenters. The zero-order chi connectivity index (χ0) is 22.2. The number of rotatable bonds is 16. The number of unbranched alkanes of at least 4 members (excludes halogenated alkanes) is 10. The number of hydrogen-bond donors (Lipinski definition) is 0. The molecule has 0 saturated carbocycles. The first-order valence-electron chi connectivity index (χ1n) is 12.3. The summed E-state index contributed by atoms with van der Waals surface area (Å²) >= 11 is 0. The van der Waals surface area contributed by atoms with Gasteiger partial charge in [-0.1, -0.05) is 102 Å². The van der Waals surface area contributed by atoms with Gasteiger partial charge in [0.2, 0.25) is 0 Å². The van der Waals surface area contributed by atoms with Crippen LogP contribution in [0.15, 0.2) is 36.7 Å². The molecule has 0 radical (unpaired) electrons. The summed E-state index contributed by atoms with van der Waals surface area (Å²) in [6, 6.07) is 8.50. The zero-order valence-corrected chi connectivity index (χ0v) is 19.6. The Labute approximate surface area is 188 Å². The van der Waals surface area contributed by atoms with E-state index < -0.39 is 0 Å². The smallest absolute Gasteiger partial charge is 0.311 e. The molecule has 0 fully saturated rings. The van der Waals surface area contributed by atoms with E-state index in [-0.39, 0.29) is 5.97 Å². The molecule has 0 bridgehead atoms. The van der Waals surface area contributed by atoms with Crippen molar-refractivity contribution in [1.29, 1.82) is 0 Å². The Morgan fingerprint density at radius 3 is 1.90 bits per heavy atom. The Morgan fingerprint density at radius 1 is 0.742 bits per heavy atom. The van der Waals surface area contributed by atoms with Gasteiger partial charge in [0.1, 0.15) is 0 Å². The molecule has 0 aliphatic rings. The largest absolute Gasteiger partial charge is 0.423 e. The number of esters is 1. The zero-order valence-electron chi connectivity index (χ0n) is 19.6. The number of ether oxygens (including phenoxy) is 1. The minimum Gasteiger partial charge on any atom is -0.423 e. The van der Waals surface area contributed by atoms with Crippen LogP contribution in [-0.4, -0.2) is 15.9 Å². The van der Waals surface area contributed by atoms with Crippen molar-refractivity contribution in [2.45, 2.75) is 104 Å². The Balaban J connectivity index is 1.68. The van der Waals surface area contributed by atoms with E-state index in [1.54, 1.807) is 12.4 Å². The molecule has 170 valence electrons. The lowest BCUT2D eigenvalue weighted by atomic mass is 10.0. The predicted molar refractivity (Wildman–Crippen MR) is 128 cm³/mol. The highest BCUT2D eigenvalue weighted by Gasteiger charge is 2.07. The molecule has 1 aromatic heterocycles. The van der Waals surface area contributed by atoms with Gasteiger partial charge in [-0.15, -0.1) is 0 Å². The first-order chi connectivity index (χ1) is 15.2. The van der Waals surface area contributed by atoms with Crippen molar-refractivity contribution < 1.29 is 9.53 Å². The summed E-state index contributed by atoms with van der Waals surface area (Å²) in [5, 5.41) is 0. The van der Waals surface area contributed by atoms with Gasteiger partial charge in [0.25, 0.3) is 0 Å². The predicted octanol–water partition coefficient (Wildman–Crippen LogP) is 7.70. The maximum atomic E-state index is 11.8. The number of hydrogen-bond acceptors (Lipinski definition) is 4. The summed E-state index contributed by atoms with van der Waals surface area (Å²) in [6.45, 7) is 4.38. The summed E-state index contributed by atoms with van der Waals surface area (Å²) in [5.74, 6) is 0.846. The Kier molecular flexibility index (Phi) is 12.6. The molecule has 2 aromatic rings. The summed E-state index contributed by atoms with van der Waals surface area (Å²) in [4.78, 5) is 20.5. The van der Waals surface area contributed by atoms with E-state index in [9.17, 15) is 4.79 Å². The summed E-state index contributed by atoms with van der Waals surface area (Å²) in [7, 11) is 0. The summed E-state index contributed by atoms with van der Waals surface area (Å²) in [5.41, 5.74) is 2.35. The molecular formula is C27H40N2O2. The van der Waals surface area contributed by atoms with E-state index in [0.29, 0.717) is 18.0 Å². The topological polar surface area (TPSA) is 52.1 Å². The van der Waals surface area contributed by atoms with Crippen molar-refractivity contribution in [2.24, 2.45) is 0 Å². The standard InChI is InChI=1S/C27H40N2O2/c1-3-5-7-8-9-10-11-12-14-15-23-17-19-24(20-18-23)27-28-21-25(22-29-27)31-26(30)16-13-6-4-2/h17-22H,3-16H2,1-2H3. The highest BCUT2D eigenvalue weighted by atomic mass is 16.5. The Morgan fingerprint density at radius 2 is 1.29 bits per heavy atom. The van der Waals surface area contributed by atoms with Gasteiger partial charge in [0.15, 0.2) is 11.6 Å². The van der Waals surface area contributed by atoms with Crippen molar-refractivity contribution in [2.75, 3.05) is 0 Å². The van der Waals surface area contributed by atoms with Gasteiger partial charge in [0, 0.05) is 12.0 Å². The fourth-order valence-electron chi connectivity index (χ4n) is 3.68. The van der Waals surface area contributed by atoms with E-state index in [1.165, 1.54) is 63.4 Å². The Hall–Kier alpha value is -2.23. The number of benzene rings is 1. The lowest BCUT2D eigenvalue weighted by Crippen LogP contribution is -2.08. The van der Waals surface area contributed by atoms with Crippen molar-refractivity contribution in [3.05, 3.63) is 42.2 Å². The molecule has 2 rings (SSSR count). The molecule has 4 nitrogen and oxygen atoms in total. The third-order valence-electron chi connectivity index (χ3n) is 5.63. The molecule has 4 heteroatoms. The molecule has 0 N–H and O–H groups in total. The number of aromatic nitrogens is 2. The van der Waals surface area contributed by atoms with Gasteiger partial charge in [-0.25, -0.2) is 9.97 Å². The fourth-order valence-corrected chi connectivity index (χ4v) is 3.68. The summed E-state index contributed by atoms with van der Waals surface area (Å²) in [6.07, 6.45) is 19.9. The molecule has 0 aliphatic heterocycles. The minimum atomic E-state index is -0.217. The third kappa shape index (κ3) is 10.6. The Bertz CT molecular complexity index is 726.